The number of aliphatic hydroxyl groups excluding tert-OH is 1. The van der Waals surface area contributed by atoms with E-state index in [9.17, 15) is 15.0 Å². The Labute approximate surface area is 258 Å². The fourth-order valence-corrected chi connectivity index (χ4v) is 6.19. The Morgan fingerprint density at radius 1 is 1.14 bits per heavy atom. The summed E-state index contributed by atoms with van der Waals surface area (Å²) in [7, 11) is 3.29. The third-order valence-corrected chi connectivity index (χ3v) is 8.54. The maximum absolute atomic E-state index is 13.1. The van der Waals surface area contributed by atoms with Gasteiger partial charge >= 0.3 is 0 Å². The molecule has 0 saturated carbocycles. The molecular formula is C34H40N4O6. The Balaban J connectivity index is 1.67. The average Bonchev–Trinajstić information content (AvgIpc) is 3.00. The molecule has 0 saturated heterocycles. The van der Waals surface area contributed by atoms with Crippen LogP contribution in [0, 0.1) is 41.4 Å². The highest BCUT2D eigenvalue weighted by Gasteiger charge is 2.34. The first-order valence-electron chi connectivity index (χ1n) is 15.0. The van der Waals surface area contributed by atoms with Crippen LogP contribution in [0.3, 0.4) is 0 Å². The summed E-state index contributed by atoms with van der Waals surface area (Å²) in [4.78, 5) is 17.4. The van der Waals surface area contributed by atoms with Crippen molar-refractivity contribution in [2.45, 2.75) is 51.0 Å². The van der Waals surface area contributed by atoms with Gasteiger partial charge in [0.15, 0.2) is 29.0 Å². The van der Waals surface area contributed by atoms with Crippen LogP contribution in [-0.2, 0) is 30.5 Å². The van der Waals surface area contributed by atoms with Crippen LogP contribution in [0.4, 0.5) is 0 Å². The van der Waals surface area contributed by atoms with Crippen LogP contribution in [0.2, 0.25) is 0 Å². The van der Waals surface area contributed by atoms with Crippen molar-refractivity contribution in [3.63, 3.8) is 0 Å². The van der Waals surface area contributed by atoms with Gasteiger partial charge < -0.3 is 35.9 Å². The lowest BCUT2D eigenvalue weighted by Gasteiger charge is -2.34. The van der Waals surface area contributed by atoms with Crippen molar-refractivity contribution in [1.29, 1.82) is 0 Å². The van der Waals surface area contributed by atoms with Gasteiger partial charge in [0.05, 0.1) is 31.3 Å². The number of benzene rings is 2. The summed E-state index contributed by atoms with van der Waals surface area (Å²) in [5.74, 6) is 14.2. The van der Waals surface area contributed by atoms with Crippen molar-refractivity contribution in [2.24, 2.45) is 34.2 Å². The SMILES string of the molecule is CNCOc1c2cc3c4c1OCC(C4)C(CN=C(N)N)CC#CC(C3)C(O)CC(=O)CCc1ccc(O)c(OC)c1C#CC2. The minimum absolute atomic E-state index is 0.0233. The number of ketones is 1. The molecule has 7 N–H and O–H groups in total. The van der Waals surface area contributed by atoms with Gasteiger partial charge in [0.2, 0.25) is 0 Å². The molecule has 1 heterocycles. The molecule has 0 amide bonds. The van der Waals surface area contributed by atoms with Crippen LogP contribution in [0.5, 0.6) is 23.0 Å². The van der Waals surface area contributed by atoms with E-state index >= 15 is 0 Å². The molecule has 232 valence electrons. The number of aryl methyl sites for hydroxylation is 1. The molecule has 5 rings (SSSR count). The molecule has 1 aliphatic heterocycles. The quantitative estimate of drug-likeness (QED) is 0.144. The molecule has 44 heavy (non-hydrogen) atoms. The van der Waals surface area contributed by atoms with E-state index in [0.717, 1.165) is 22.3 Å². The smallest absolute Gasteiger partial charge is 0.185 e. The highest BCUT2D eigenvalue weighted by Crippen LogP contribution is 2.44. The van der Waals surface area contributed by atoms with Gasteiger partial charge in [-0.1, -0.05) is 29.9 Å². The lowest BCUT2D eigenvalue weighted by atomic mass is 9.78. The number of phenolic OH excluding ortho intramolecular Hbond substituents is 1. The molecule has 0 radical (unpaired) electrons. The number of aromatic hydroxyl groups is 1. The maximum atomic E-state index is 13.1. The van der Waals surface area contributed by atoms with Crippen molar-refractivity contribution in [2.75, 3.05) is 34.0 Å². The van der Waals surface area contributed by atoms with Crippen molar-refractivity contribution in [3.8, 4) is 46.7 Å². The maximum Gasteiger partial charge on any atom is 0.185 e. The van der Waals surface area contributed by atoms with Gasteiger partial charge in [0.25, 0.3) is 0 Å². The summed E-state index contributed by atoms with van der Waals surface area (Å²) in [6.07, 6.45) is 1.65. The number of ether oxygens (including phenoxy) is 3. The Hall–Kier alpha value is -4.38. The summed E-state index contributed by atoms with van der Waals surface area (Å²) >= 11 is 0. The zero-order chi connectivity index (χ0) is 31.2. The highest BCUT2D eigenvalue weighted by atomic mass is 16.5. The molecule has 2 aromatic rings. The van der Waals surface area contributed by atoms with Crippen molar-refractivity contribution < 1.29 is 29.2 Å². The van der Waals surface area contributed by atoms with Crippen LogP contribution >= 0.6 is 0 Å². The minimum Gasteiger partial charge on any atom is -0.504 e. The van der Waals surface area contributed by atoms with Crippen LogP contribution in [0.15, 0.2) is 23.2 Å². The number of guanidine groups is 1. The lowest BCUT2D eigenvalue weighted by Crippen LogP contribution is -2.33. The number of phenols is 1. The van der Waals surface area contributed by atoms with Gasteiger partial charge in [-0.2, -0.15) is 0 Å². The van der Waals surface area contributed by atoms with Gasteiger partial charge in [-0.15, -0.1) is 5.92 Å². The Kier molecular flexibility index (Phi) is 9.84. The second kappa shape index (κ2) is 13.9. The number of nitrogens with one attached hydrogen (secondary N) is 1. The predicted octanol–water partition coefficient (Wildman–Crippen LogP) is 1.82. The predicted molar refractivity (Wildman–Crippen MR) is 167 cm³/mol. The van der Waals surface area contributed by atoms with E-state index in [2.05, 4.69) is 40.1 Å². The summed E-state index contributed by atoms with van der Waals surface area (Å²) in [6.45, 7) is 1.14. The lowest BCUT2D eigenvalue weighted by molar-refractivity contribution is -0.121. The molecule has 2 aliphatic carbocycles. The fourth-order valence-electron chi connectivity index (χ4n) is 6.19. The number of aliphatic hydroxyl groups is 1. The standard InChI is InChI=1S/C34H40N4O6/c1-37-19-44-31-22-6-4-8-27-20(10-12-29(40)32(27)42-2)9-11-26(39)16-30(41)21-5-3-7-23(17-38-34(35)36)25-15-28(24(13-21)14-22)33(31)43-18-25/h10,12,14,21,23,25,30,37,40-41H,6-7,9,11,13,15-19H2,1-2H3,(H4,35,36,38). The molecule has 5 bridgehead atoms. The summed E-state index contributed by atoms with van der Waals surface area (Å²) < 4.78 is 18.2. The fraction of sp³-hybridized carbons (Fsp3) is 0.471. The zero-order valence-corrected chi connectivity index (χ0v) is 25.2. The first-order valence-corrected chi connectivity index (χ1v) is 15.0. The molecule has 0 spiro atoms. The largest absolute Gasteiger partial charge is 0.504 e. The van der Waals surface area contributed by atoms with E-state index in [4.69, 9.17) is 25.7 Å². The molecule has 10 nitrogen and oxygen atoms in total. The molecule has 4 unspecified atom stereocenters. The number of carbonyl (C=O) groups is 1. The van der Waals surface area contributed by atoms with Gasteiger partial charge in [-0.3, -0.25) is 15.1 Å². The number of nitrogens with zero attached hydrogens (tertiary/aromatic N) is 1. The first kappa shape index (κ1) is 31.1. The first-order chi connectivity index (χ1) is 21.3. The van der Waals surface area contributed by atoms with E-state index in [1.807, 2.05) is 0 Å². The number of rotatable bonds is 6. The van der Waals surface area contributed by atoms with Gasteiger partial charge in [-0.25, -0.2) is 0 Å². The van der Waals surface area contributed by atoms with E-state index in [1.54, 1.807) is 19.2 Å². The molecule has 4 atom stereocenters. The summed E-state index contributed by atoms with van der Waals surface area (Å²) in [6, 6.07) is 5.37. The van der Waals surface area contributed by atoms with Crippen LogP contribution in [0.1, 0.15) is 47.1 Å². The Bertz CT molecular complexity index is 1560. The molecule has 0 fully saturated rings. The van der Waals surface area contributed by atoms with E-state index < -0.39 is 12.0 Å². The number of Topliss-reactive ketones (excluding diaryl/α,β-unsaturated/α-hetero) is 1. The van der Waals surface area contributed by atoms with Crippen molar-refractivity contribution in [1.82, 2.24) is 5.32 Å². The van der Waals surface area contributed by atoms with Crippen molar-refractivity contribution in [3.05, 3.63) is 46.0 Å². The normalized spacial score (nSPS) is 22.5. The second-order valence-electron chi connectivity index (χ2n) is 11.6. The summed E-state index contributed by atoms with van der Waals surface area (Å²) in [5, 5.41) is 24.9. The number of fused-ring (bicyclic) bond motifs is 4. The molecular weight excluding hydrogens is 560 g/mol. The number of methoxy groups -OCH3 is 1. The number of carbonyl (C=O) groups excluding carboxylic acids is 1. The van der Waals surface area contributed by atoms with Gasteiger partial charge in [0.1, 0.15) is 12.5 Å². The monoisotopic (exact) mass is 600 g/mol. The van der Waals surface area contributed by atoms with Crippen LogP contribution < -0.4 is 31.0 Å². The zero-order valence-electron chi connectivity index (χ0n) is 25.2. The van der Waals surface area contributed by atoms with Crippen LogP contribution in [-0.4, -0.2) is 62.1 Å². The third-order valence-electron chi connectivity index (χ3n) is 8.54. The second-order valence-corrected chi connectivity index (χ2v) is 11.6. The van der Waals surface area contributed by atoms with E-state index in [0.29, 0.717) is 62.3 Å². The topological polar surface area (TPSA) is 162 Å². The van der Waals surface area contributed by atoms with Crippen LogP contribution in [0.25, 0.3) is 0 Å². The molecule has 2 aromatic carbocycles. The molecule has 10 heteroatoms. The number of nitrogens with two attached hydrogens (primary N) is 2. The number of hydrogen-bond acceptors (Lipinski definition) is 8. The van der Waals surface area contributed by atoms with E-state index in [1.165, 1.54) is 7.11 Å². The number of hydrogen-bond donors (Lipinski definition) is 5. The summed E-state index contributed by atoms with van der Waals surface area (Å²) in [5.41, 5.74) is 15.5. The number of aliphatic imine (C=N–C) groups is 1. The molecule has 0 aromatic heterocycles. The van der Waals surface area contributed by atoms with Crippen molar-refractivity contribution >= 4 is 11.7 Å². The Morgan fingerprint density at radius 2 is 1.98 bits per heavy atom. The van der Waals surface area contributed by atoms with Gasteiger partial charge in [0, 0.05) is 49.3 Å². The molecule has 3 aliphatic rings. The minimum atomic E-state index is -0.958. The third kappa shape index (κ3) is 6.88. The van der Waals surface area contributed by atoms with Gasteiger partial charge in [-0.05, 0) is 49.4 Å². The Morgan fingerprint density at radius 3 is 2.75 bits per heavy atom. The highest BCUT2D eigenvalue weighted by molar-refractivity contribution is 5.79. The average molecular weight is 601 g/mol. The van der Waals surface area contributed by atoms with E-state index in [-0.39, 0.29) is 54.7 Å².